The molecule has 0 amide bonds. The fourth-order valence-electron chi connectivity index (χ4n) is 1.75. The van der Waals surface area contributed by atoms with Crippen molar-refractivity contribution in [3.8, 4) is 0 Å². The summed E-state index contributed by atoms with van der Waals surface area (Å²) >= 11 is 0. The molecule has 1 aliphatic heterocycles. The molecule has 0 radical (unpaired) electrons. The SMILES string of the molecule is CC.CCc1ccc2c(c1)CCCN2. The van der Waals surface area contributed by atoms with Crippen LogP contribution < -0.4 is 5.32 Å². The number of benzene rings is 1. The summed E-state index contributed by atoms with van der Waals surface area (Å²) in [5, 5.41) is 3.41. The molecule has 1 aromatic rings. The van der Waals surface area contributed by atoms with Crippen LogP contribution in [0.5, 0.6) is 0 Å². The minimum absolute atomic E-state index is 1.14. The maximum absolute atomic E-state index is 3.41. The lowest BCUT2D eigenvalue weighted by Gasteiger charge is -2.18. The predicted octanol–water partition coefficient (Wildman–Crippen LogP) is 3.63. The Morgan fingerprint density at radius 2 is 2.07 bits per heavy atom. The normalized spacial score (nSPS) is 13.4. The smallest absolute Gasteiger partial charge is 0.0372 e. The number of fused-ring (bicyclic) bond motifs is 1. The van der Waals surface area contributed by atoms with E-state index in [4.69, 9.17) is 0 Å². The van der Waals surface area contributed by atoms with Gasteiger partial charge in [-0.05, 0) is 36.5 Å². The van der Waals surface area contributed by atoms with Gasteiger partial charge in [0.05, 0.1) is 0 Å². The van der Waals surface area contributed by atoms with Crippen LogP contribution in [-0.4, -0.2) is 6.54 Å². The summed E-state index contributed by atoms with van der Waals surface area (Å²) in [6.07, 6.45) is 3.67. The summed E-state index contributed by atoms with van der Waals surface area (Å²) in [6, 6.07) is 6.77. The van der Waals surface area contributed by atoms with Crippen LogP contribution in [0.25, 0.3) is 0 Å². The quantitative estimate of drug-likeness (QED) is 0.714. The zero-order valence-electron chi connectivity index (χ0n) is 9.56. The molecule has 1 heteroatoms. The van der Waals surface area contributed by atoms with E-state index < -0.39 is 0 Å². The Labute approximate surface area is 87.5 Å². The summed E-state index contributed by atoms with van der Waals surface area (Å²) in [6.45, 7) is 7.34. The monoisotopic (exact) mass is 191 g/mol. The number of nitrogens with one attached hydrogen (secondary N) is 1. The van der Waals surface area contributed by atoms with Crippen molar-refractivity contribution in [3.63, 3.8) is 0 Å². The number of hydrogen-bond donors (Lipinski definition) is 1. The lowest BCUT2D eigenvalue weighted by Crippen LogP contribution is -2.11. The second-order valence-electron chi connectivity index (χ2n) is 3.38. The van der Waals surface area contributed by atoms with Gasteiger partial charge in [-0.2, -0.15) is 0 Å². The second-order valence-corrected chi connectivity index (χ2v) is 3.38. The number of anilines is 1. The van der Waals surface area contributed by atoms with Crippen LogP contribution in [0, 0.1) is 0 Å². The highest BCUT2D eigenvalue weighted by atomic mass is 14.9. The standard InChI is InChI=1S/C11H15N.C2H6/c1-2-9-5-6-11-10(8-9)4-3-7-12-11;1-2/h5-6,8,12H,2-4,7H2,1H3;1-2H3. The van der Waals surface area contributed by atoms with Gasteiger partial charge in [-0.1, -0.05) is 32.9 Å². The molecule has 1 N–H and O–H groups in total. The van der Waals surface area contributed by atoms with E-state index in [1.807, 2.05) is 13.8 Å². The summed E-state index contributed by atoms with van der Waals surface area (Å²) < 4.78 is 0. The van der Waals surface area contributed by atoms with Gasteiger partial charge >= 0.3 is 0 Å². The summed E-state index contributed by atoms with van der Waals surface area (Å²) in [4.78, 5) is 0. The third-order valence-corrected chi connectivity index (χ3v) is 2.52. The van der Waals surface area contributed by atoms with Crippen molar-refractivity contribution in [1.29, 1.82) is 0 Å². The molecule has 0 spiro atoms. The highest BCUT2D eigenvalue weighted by Gasteiger charge is 2.07. The molecular weight excluding hydrogens is 170 g/mol. The molecule has 14 heavy (non-hydrogen) atoms. The third-order valence-electron chi connectivity index (χ3n) is 2.52. The third kappa shape index (κ3) is 2.50. The first-order chi connectivity index (χ1) is 6.90. The number of hydrogen-bond acceptors (Lipinski definition) is 1. The first-order valence-electron chi connectivity index (χ1n) is 5.76. The maximum Gasteiger partial charge on any atom is 0.0372 e. The fourth-order valence-corrected chi connectivity index (χ4v) is 1.75. The zero-order valence-corrected chi connectivity index (χ0v) is 9.56. The van der Waals surface area contributed by atoms with Gasteiger partial charge in [0.25, 0.3) is 0 Å². The van der Waals surface area contributed by atoms with E-state index in [2.05, 4.69) is 30.4 Å². The van der Waals surface area contributed by atoms with E-state index >= 15 is 0 Å². The first-order valence-corrected chi connectivity index (χ1v) is 5.76. The number of rotatable bonds is 1. The highest BCUT2D eigenvalue weighted by molar-refractivity contribution is 5.54. The lowest BCUT2D eigenvalue weighted by atomic mass is 10.00. The van der Waals surface area contributed by atoms with Crippen LogP contribution in [-0.2, 0) is 12.8 Å². The molecule has 0 aliphatic carbocycles. The Morgan fingerprint density at radius 3 is 2.79 bits per heavy atom. The van der Waals surface area contributed by atoms with Gasteiger partial charge < -0.3 is 5.32 Å². The fraction of sp³-hybridized carbons (Fsp3) is 0.538. The molecule has 0 saturated heterocycles. The van der Waals surface area contributed by atoms with E-state index in [-0.39, 0.29) is 0 Å². The summed E-state index contributed by atoms with van der Waals surface area (Å²) in [5.74, 6) is 0. The van der Waals surface area contributed by atoms with Crippen molar-refractivity contribution >= 4 is 5.69 Å². The maximum atomic E-state index is 3.41. The van der Waals surface area contributed by atoms with Crippen LogP contribution in [0.4, 0.5) is 5.69 Å². The van der Waals surface area contributed by atoms with Crippen LogP contribution >= 0.6 is 0 Å². The van der Waals surface area contributed by atoms with Gasteiger partial charge in [-0.25, -0.2) is 0 Å². The van der Waals surface area contributed by atoms with Gasteiger partial charge in [0.2, 0.25) is 0 Å². The van der Waals surface area contributed by atoms with Gasteiger partial charge in [-0.3, -0.25) is 0 Å². The van der Waals surface area contributed by atoms with Crippen molar-refractivity contribution in [1.82, 2.24) is 0 Å². The van der Waals surface area contributed by atoms with Crippen molar-refractivity contribution < 1.29 is 0 Å². The lowest BCUT2D eigenvalue weighted by molar-refractivity contribution is 0.827. The molecule has 0 atom stereocenters. The molecule has 1 aromatic carbocycles. The van der Waals surface area contributed by atoms with Gasteiger partial charge in [-0.15, -0.1) is 0 Å². The molecular formula is C13H21N. The largest absolute Gasteiger partial charge is 0.385 e. The van der Waals surface area contributed by atoms with Crippen LogP contribution in [0.2, 0.25) is 0 Å². The topological polar surface area (TPSA) is 12.0 Å². The second kappa shape index (κ2) is 5.69. The molecule has 0 bridgehead atoms. The van der Waals surface area contributed by atoms with Crippen LogP contribution in [0.3, 0.4) is 0 Å². The molecule has 1 nitrogen and oxygen atoms in total. The Morgan fingerprint density at radius 1 is 1.29 bits per heavy atom. The number of aryl methyl sites for hydroxylation is 2. The van der Waals surface area contributed by atoms with Gasteiger partial charge in [0.1, 0.15) is 0 Å². The predicted molar refractivity (Wildman–Crippen MR) is 64.0 cm³/mol. The average molecular weight is 191 g/mol. The van der Waals surface area contributed by atoms with Crippen molar-refractivity contribution in [2.24, 2.45) is 0 Å². The van der Waals surface area contributed by atoms with E-state index in [1.54, 1.807) is 0 Å². The van der Waals surface area contributed by atoms with Crippen LogP contribution in [0.1, 0.15) is 38.3 Å². The highest BCUT2D eigenvalue weighted by Crippen LogP contribution is 2.22. The van der Waals surface area contributed by atoms with E-state index in [9.17, 15) is 0 Å². The molecule has 2 rings (SSSR count). The van der Waals surface area contributed by atoms with E-state index in [0.717, 1.165) is 13.0 Å². The van der Waals surface area contributed by atoms with Crippen molar-refractivity contribution in [2.45, 2.75) is 40.0 Å². The Bertz CT molecular complexity index is 279. The Hall–Kier alpha value is -0.980. The Balaban J connectivity index is 0.000000461. The molecule has 0 unspecified atom stereocenters. The van der Waals surface area contributed by atoms with Gasteiger partial charge in [0, 0.05) is 12.2 Å². The molecule has 0 saturated carbocycles. The van der Waals surface area contributed by atoms with Crippen molar-refractivity contribution in [3.05, 3.63) is 29.3 Å². The molecule has 0 fully saturated rings. The zero-order chi connectivity index (χ0) is 10.4. The van der Waals surface area contributed by atoms with E-state index in [1.165, 1.54) is 29.7 Å². The minimum atomic E-state index is 1.14. The molecule has 0 aromatic heterocycles. The molecule has 78 valence electrons. The van der Waals surface area contributed by atoms with Gasteiger partial charge in [0.15, 0.2) is 0 Å². The molecule has 1 aliphatic rings. The molecule has 1 heterocycles. The van der Waals surface area contributed by atoms with Crippen molar-refractivity contribution in [2.75, 3.05) is 11.9 Å². The van der Waals surface area contributed by atoms with E-state index in [0.29, 0.717) is 0 Å². The summed E-state index contributed by atoms with van der Waals surface area (Å²) in [7, 11) is 0. The van der Waals surface area contributed by atoms with Crippen LogP contribution in [0.15, 0.2) is 18.2 Å². The average Bonchev–Trinajstić information content (AvgIpc) is 2.31. The Kier molecular flexibility index (Phi) is 4.51. The minimum Gasteiger partial charge on any atom is -0.385 e. The first kappa shape index (κ1) is 11.1. The summed E-state index contributed by atoms with van der Waals surface area (Å²) in [5.41, 5.74) is 4.30.